The summed E-state index contributed by atoms with van der Waals surface area (Å²) < 4.78 is 1.96. The summed E-state index contributed by atoms with van der Waals surface area (Å²) in [4.78, 5) is 15.8. The number of fused-ring (bicyclic) bond motifs is 3. The van der Waals surface area contributed by atoms with Crippen molar-refractivity contribution in [2.75, 3.05) is 5.75 Å². The Morgan fingerprint density at radius 1 is 1.41 bits per heavy atom. The number of nitrogens with zero attached hydrogens (tertiary/aromatic N) is 3. The van der Waals surface area contributed by atoms with Gasteiger partial charge >= 0.3 is 0 Å². The number of hydrazone groups is 1. The Balaban J connectivity index is 2.26. The first-order chi connectivity index (χ1) is 8.25. The molecule has 1 aliphatic rings. The molecule has 1 aromatic heterocycles. The van der Waals surface area contributed by atoms with Crippen molar-refractivity contribution in [2.45, 2.75) is 12.1 Å². The third-order valence-electron chi connectivity index (χ3n) is 2.53. The minimum absolute atomic E-state index is 0.104. The highest BCUT2D eigenvalue weighted by molar-refractivity contribution is 7.99. The Morgan fingerprint density at radius 3 is 3.12 bits per heavy atom. The number of benzene rings is 1. The van der Waals surface area contributed by atoms with Crippen LogP contribution in [-0.4, -0.2) is 27.0 Å². The van der Waals surface area contributed by atoms with E-state index in [0.29, 0.717) is 11.6 Å². The molecular formula is C11H10N4OS. The molecule has 0 bridgehead atoms. The number of imidazole rings is 1. The van der Waals surface area contributed by atoms with Crippen molar-refractivity contribution in [3.05, 3.63) is 24.3 Å². The second kappa shape index (κ2) is 3.89. The van der Waals surface area contributed by atoms with Gasteiger partial charge in [-0.15, -0.1) is 0 Å². The van der Waals surface area contributed by atoms with E-state index in [1.54, 1.807) is 0 Å². The molecule has 1 amide bonds. The first-order valence-corrected chi connectivity index (χ1v) is 6.18. The topological polar surface area (TPSA) is 59.3 Å². The lowest BCUT2D eigenvalue weighted by atomic mass is 10.3. The summed E-state index contributed by atoms with van der Waals surface area (Å²) >= 11 is 1.42. The van der Waals surface area contributed by atoms with Crippen LogP contribution in [0.4, 0.5) is 0 Å². The van der Waals surface area contributed by atoms with Crippen LogP contribution in [0.1, 0.15) is 6.92 Å². The number of thioether (sulfide) groups is 1. The predicted molar refractivity (Wildman–Crippen MR) is 67.1 cm³/mol. The van der Waals surface area contributed by atoms with Gasteiger partial charge in [-0.2, -0.15) is 5.10 Å². The first-order valence-electron chi connectivity index (χ1n) is 5.19. The second-order valence-electron chi connectivity index (χ2n) is 3.70. The third kappa shape index (κ3) is 1.70. The molecular weight excluding hydrogens is 236 g/mol. The molecule has 0 radical (unpaired) electrons. The maximum atomic E-state index is 11.3. The molecule has 0 fully saturated rings. The summed E-state index contributed by atoms with van der Waals surface area (Å²) in [6.45, 7) is 1.85. The number of rotatable bonds is 0. The van der Waals surface area contributed by atoms with Crippen molar-refractivity contribution in [3.63, 3.8) is 0 Å². The van der Waals surface area contributed by atoms with Gasteiger partial charge in [0.25, 0.3) is 5.91 Å². The van der Waals surface area contributed by atoms with Gasteiger partial charge in [0.2, 0.25) is 0 Å². The molecule has 2 heterocycles. The van der Waals surface area contributed by atoms with Gasteiger partial charge in [-0.05, 0) is 19.1 Å². The Morgan fingerprint density at radius 2 is 2.24 bits per heavy atom. The van der Waals surface area contributed by atoms with Crippen LogP contribution in [0.5, 0.6) is 0 Å². The maximum absolute atomic E-state index is 11.3. The van der Waals surface area contributed by atoms with Crippen LogP contribution in [0.25, 0.3) is 11.0 Å². The number of carbonyl (C=O) groups is 1. The number of hydrogen-bond acceptors (Lipinski definition) is 4. The zero-order chi connectivity index (χ0) is 11.8. The van der Waals surface area contributed by atoms with Gasteiger partial charge in [0, 0.05) is 0 Å². The summed E-state index contributed by atoms with van der Waals surface area (Å²) in [6.07, 6.45) is 0. The highest BCUT2D eigenvalue weighted by Gasteiger charge is 2.16. The molecule has 6 heteroatoms. The molecule has 0 saturated carbocycles. The maximum Gasteiger partial charge on any atom is 0.250 e. The fourth-order valence-corrected chi connectivity index (χ4v) is 2.62. The van der Waals surface area contributed by atoms with Crippen LogP contribution in [0, 0.1) is 0 Å². The van der Waals surface area contributed by atoms with Crippen molar-refractivity contribution >= 4 is 34.5 Å². The van der Waals surface area contributed by atoms with E-state index in [4.69, 9.17) is 0 Å². The fourth-order valence-electron chi connectivity index (χ4n) is 1.77. The minimum atomic E-state index is -0.104. The van der Waals surface area contributed by atoms with Gasteiger partial charge < -0.3 is 0 Å². The normalized spacial score (nSPS) is 18.9. The molecule has 17 heavy (non-hydrogen) atoms. The van der Waals surface area contributed by atoms with Gasteiger partial charge in [0.15, 0.2) is 5.16 Å². The standard InChI is InChI=1S/C11H10N4OS/c1-7-13-14-10(16)6-17-11-12-8-4-2-3-5-9(8)15(7)11/h2-5H,6H2,1H3,(H,14,16)/b13-7-. The largest absolute Gasteiger partial charge is 0.274 e. The molecule has 0 aliphatic carbocycles. The van der Waals surface area contributed by atoms with Crippen molar-refractivity contribution in [3.8, 4) is 0 Å². The van der Waals surface area contributed by atoms with Crippen LogP contribution in [0.2, 0.25) is 0 Å². The second-order valence-corrected chi connectivity index (χ2v) is 4.64. The summed E-state index contributed by atoms with van der Waals surface area (Å²) in [5, 5.41) is 4.86. The number of hydrogen-bond donors (Lipinski definition) is 1. The van der Waals surface area contributed by atoms with Gasteiger partial charge in [0.05, 0.1) is 16.8 Å². The highest BCUT2D eigenvalue weighted by atomic mass is 32.2. The molecule has 1 aromatic carbocycles. The monoisotopic (exact) mass is 246 g/mol. The molecule has 86 valence electrons. The smallest absolute Gasteiger partial charge is 0.250 e. The van der Waals surface area contributed by atoms with Crippen molar-refractivity contribution in [2.24, 2.45) is 5.10 Å². The molecule has 2 aromatic rings. The van der Waals surface area contributed by atoms with Crippen molar-refractivity contribution in [1.82, 2.24) is 15.0 Å². The quantitative estimate of drug-likeness (QED) is 0.765. The Hall–Kier alpha value is -1.82. The van der Waals surface area contributed by atoms with Gasteiger partial charge in [0.1, 0.15) is 5.84 Å². The number of nitrogens with one attached hydrogen (secondary N) is 1. The van der Waals surface area contributed by atoms with E-state index in [-0.39, 0.29) is 5.91 Å². The van der Waals surface area contributed by atoms with Crippen molar-refractivity contribution in [1.29, 1.82) is 0 Å². The van der Waals surface area contributed by atoms with E-state index in [9.17, 15) is 4.79 Å². The van der Waals surface area contributed by atoms with Gasteiger partial charge in [-0.1, -0.05) is 23.9 Å². The molecule has 0 saturated heterocycles. The van der Waals surface area contributed by atoms with Crippen LogP contribution in [0.3, 0.4) is 0 Å². The van der Waals surface area contributed by atoms with Gasteiger partial charge in [-0.25, -0.2) is 10.4 Å². The lowest BCUT2D eigenvalue weighted by molar-refractivity contribution is -0.118. The average Bonchev–Trinajstić information content (AvgIpc) is 2.70. The zero-order valence-corrected chi connectivity index (χ0v) is 9.99. The molecule has 1 N–H and O–H groups in total. The van der Waals surface area contributed by atoms with Crippen LogP contribution in [-0.2, 0) is 4.79 Å². The summed E-state index contributed by atoms with van der Waals surface area (Å²) in [6, 6.07) is 7.86. The highest BCUT2D eigenvalue weighted by Crippen LogP contribution is 2.24. The van der Waals surface area contributed by atoms with E-state index >= 15 is 0 Å². The number of carbonyl (C=O) groups excluding carboxylic acids is 1. The molecule has 5 nitrogen and oxygen atoms in total. The van der Waals surface area contributed by atoms with E-state index in [0.717, 1.165) is 16.2 Å². The molecule has 0 spiro atoms. The summed E-state index contributed by atoms with van der Waals surface area (Å²) in [5.74, 6) is 0.946. The Kier molecular flexibility index (Phi) is 2.36. The third-order valence-corrected chi connectivity index (χ3v) is 3.47. The fraction of sp³-hybridized carbons (Fsp3) is 0.182. The Bertz CT molecular complexity index is 631. The summed E-state index contributed by atoms with van der Waals surface area (Å²) in [7, 11) is 0. The lowest BCUT2D eigenvalue weighted by Crippen LogP contribution is -2.25. The number of aromatic nitrogens is 2. The Labute approximate surface area is 102 Å². The average molecular weight is 246 g/mol. The van der Waals surface area contributed by atoms with E-state index < -0.39 is 0 Å². The lowest BCUT2D eigenvalue weighted by Gasteiger charge is -2.11. The SMILES string of the molecule is C/C1=N/NC(=O)CSc2nc3ccccc3n21. The van der Waals surface area contributed by atoms with E-state index in [2.05, 4.69) is 15.5 Å². The van der Waals surface area contributed by atoms with E-state index in [1.165, 1.54) is 11.8 Å². The molecule has 1 aliphatic heterocycles. The van der Waals surface area contributed by atoms with Crippen LogP contribution >= 0.6 is 11.8 Å². The van der Waals surface area contributed by atoms with Crippen LogP contribution in [0.15, 0.2) is 34.5 Å². The first kappa shape index (κ1) is 10.3. The van der Waals surface area contributed by atoms with E-state index in [1.807, 2.05) is 35.8 Å². The number of para-hydroxylation sites is 2. The molecule has 0 unspecified atom stereocenters. The zero-order valence-electron chi connectivity index (χ0n) is 9.17. The number of amides is 1. The molecule has 0 atom stereocenters. The molecule has 3 rings (SSSR count). The van der Waals surface area contributed by atoms with Crippen molar-refractivity contribution < 1.29 is 4.79 Å². The summed E-state index contributed by atoms with van der Waals surface area (Å²) in [5.41, 5.74) is 4.43. The van der Waals surface area contributed by atoms with Gasteiger partial charge in [-0.3, -0.25) is 9.36 Å². The van der Waals surface area contributed by atoms with Crippen LogP contribution < -0.4 is 5.43 Å². The minimum Gasteiger partial charge on any atom is -0.274 e. The predicted octanol–water partition coefficient (Wildman–Crippen LogP) is 1.44.